The van der Waals surface area contributed by atoms with E-state index in [4.69, 9.17) is 16.7 Å². The van der Waals surface area contributed by atoms with Gasteiger partial charge in [0.15, 0.2) is 5.65 Å². The number of carbonyl (C=O) groups is 1. The lowest BCUT2D eigenvalue weighted by Crippen LogP contribution is -2.05. The Balaban J connectivity index is 2.71. The van der Waals surface area contributed by atoms with Crippen molar-refractivity contribution >= 4 is 28.6 Å². The molecule has 0 bridgehead atoms. The number of carboxylic acids is 1. The average molecular weight is 240 g/mol. The van der Waals surface area contributed by atoms with E-state index >= 15 is 0 Å². The summed E-state index contributed by atoms with van der Waals surface area (Å²) in [5.74, 6) is -1.09. The summed E-state index contributed by atoms with van der Waals surface area (Å²) in [5, 5.41) is 13.7. The molecular formula is C10H10ClN3O2. The maximum absolute atomic E-state index is 10.9. The van der Waals surface area contributed by atoms with E-state index < -0.39 is 5.97 Å². The molecule has 0 atom stereocenters. The summed E-state index contributed by atoms with van der Waals surface area (Å²) in [4.78, 5) is 14.9. The van der Waals surface area contributed by atoms with Crippen LogP contribution in [0.2, 0.25) is 5.15 Å². The van der Waals surface area contributed by atoms with Crippen LogP contribution in [0.25, 0.3) is 11.0 Å². The van der Waals surface area contributed by atoms with Crippen molar-refractivity contribution in [1.29, 1.82) is 0 Å². The number of pyridine rings is 1. The molecule has 2 aromatic rings. The lowest BCUT2D eigenvalue weighted by Gasteiger charge is -2.06. The Morgan fingerprint density at radius 1 is 1.56 bits per heavy atom. The summed E-state index contributed by atoms with van der Waals surface area (Å²) in [6.45, 7) is 3.93. The fraction of sp³-hybridized carbons (Fsp3) is 0.300. The van der Waals surface area contributed by atoms with Gasteiger partial charge in [-0.15, -0.1) is 0 Å². The van der Waals surface area contributed by atoms with E-state index in [9.17, 15) is 4.79 Å². The summed E-state index contributed by atoms with van der Waals surface area (Å²) < 4.78 is 1.70. The maximum atomic E-state index is 10.9. The molecule has 2 aromatic heterocycles. The molecule has 1 N–H and O–H groups in total. The summed E-state index contributed by atoms with van der Waals surface area (Å²) in [6.07, 6.45) is 1.59. The number of hydrogen-bond donors (Lipinski definition) is 1. The second-order valence-corrected chi connectivity index (χ2v) is 4.09. The predicted octanol–water partition coefficient (Wildman–Crippen LogP) is 2.36. The molecule has 0 aliphatic rings. The molecule has 2 heterocycles. The Morgan fingerprint density at radius 2 is 2.25 bits per heavy atom. The second-order valence-electron chi connectivity index (χ2n) is 3.73. The molecular weight excluding hydrogens is 230 g/mol. The Bertz CT molecular complexity index is 562. The molecule has 16 heavy (non-hydrogen) atoms. The van der Waals surface area contributed by atoms with Gasteiger partial charge in [0.1, 0.15) is 5.15 Å². The van der Waals surface area contributed by atoms with Gasteiger partial charge in [0.25, 0.3) is 0 Å². The zero-order valence-electron chi connectivity index (χ0n) is 8.81. The van der Waals surface area contributed by atoms with Crippen LogP contribution in [0.3, 0.4) is 0 Å². The zero-order valence-corrected chi connectivity index (χ0v) is 9.56. The van der Waals surface area contributed by atoms with E-state index in [2.05, 4.69) is 10.1 Å². The van der Waals surface area contributed by atoms with Gasteiger partial charge in [0.05, 0.1) is 11.8 Å². The fourth-order valence-electron chi connectivity index (χ4n) is 1.48. The third-order valence-electron chi connectivity index (χ3n) is 2.24. The van der Waals surface area contributed by atoms with Crippen molar-refractivity contribution in [1.82, 2.24) is 14.8 Å². The summed E-state index contributed by atoms with van der Waals surface area (Å²) in [5.41, 5.74) is 0.600. The van der Waals surface area contributed by atoms with Crippen molar-refractivity contribution in [2.75, 3.05) is 0 Å². The third kappa shape index (κ3) is 1.63. The van der Waals surface area contributed by atoms with Gasteiger partial charge < -0.3 is 5.11 Å². The molecule has 6 heteroatoms. The first-order chi connectivity index (χ1) is 7.50. The molecule has 5 nitrogen and oxygen atoms in total. The minimum Gasteiger partial charge on any atom is -0.478 e. The second kappa shape index (κ2) is 3.75. The van der Waals surface area contributed by atoms with Crippen LogP contribution in [-0.4, -0.2) is 25.8 Å². The van der Waals surface area contributed by atoms with Gasteiger partial charge in [0.2, 0.25) is 0 Å². The van der Waals surface area contributed by atoms with Gasteiger partial charge >= 0.3 is 5.97 Å². The van der Waals surface area contributed by atoms with E-state index in [1.54, 1.807) is 10.9 Å². The van der Waals surface area contributed by atoms with Crippen LogP contribution in [0.4, 0.5) is 0 Å². The minimum absolute atomic E-state index is 0.00234. The first-order valence-electron chi connectivity index (χ1n) is 4.77. The predicted molar refractivity (Wildman–Crippen MR) is 59.9 cm³/mol. The fourth-order valence-corrected chi connectivity index (χ4v) is 1.70. The van der Waals surface area contributed by atoms with Crippen molar-refractivity contribution in [3.8, 4) is 0 Å². The van der Waals surface area contributed by atoms with Crippen LogP contribution in [-0.2, 0) is 0 Å². The smallest absolute Gasteiger partial charge is 0.338 e. The number of fused-ring (bicyclic) bond motifs is 1. The van der Waals surface area contributed by atoms with E-state index in [1.807, 2.05) is 13.8 Å². The van der Waals surface area contributed by atoms with Crippen LogP contribution in [0.1, 0.15) is 30.2 Å². The molecule has 0 saturated carbocycles. The highest BCUT2D eigenvalue weighted by Gasteiger charge is 2.15. The number of hydrogen-bond acceptors (Lipinski definition) is 3. The number of aromatic nitrogens is 3. The van der Waals surface area contributed by atoms with Crippen molar-refractivity contribution in [2.24, 2.45) is 0 Å². The highest BCUT2D eigenvalue weighted by molar-refractivity contribution is 6.32. The largest absolute Gasteiger partial charge is 0.478 e. The zero-order chi connectivity index (χ0) is 11.9. The van der Waals surface area contributed by atoms with Gasteiger partial charge in [-0.2, -0.15) is 5.10 Å². The number of aromatic carboxylic acids is 1. The number of carboxylic acid groups (broad SMARTS) is 1. The van der Waals surface area contributed by atoms with E-state index in [-0.39, 0.29) is 16.8 Å². The average Bonchev–Trinajstić information content (AvgIpc) is 2.58. The first kappa shape index (κ1) is 10.9. The minimum atomic E-state index is -1.09. The molecule has 84 valence electrons. The Kier molecular flexibility index (Phi) is 2.55. The van der Waals surface area contributed by atoms with Gasteiger partial charge in [-0.1, -0.05) is 11.6 Å². The molecule has 0 aromatic carbocycles. The van der Waals surface area contributed by atoms with Crippen molar-refractivity contribution < 1.29 is 9.90 Å². The molecule has 0 saturated heterocycles. The van der Waals surface area contributed by atoms with Gasteiger partial charge in [-0.25, -0.2) is 14.5 Å². The van der Waals surface area contributed by atoms with Crippen molar-refractivity contribution in [3.05, 3.63) is 23.0 Å². The van der Waals surface area contributed by atoms with Gasteiger partial charge in [0, 0.05) is 11.4 Å². The van der Waals surface area contributed by atoms with E-state index in [0.29, 0.717) is 11.0 Å². The monoisotopic (exact) mass is 239 g/mol. The summed E-state index contributed by atoms with van der Waals surface area (Å²) >= 11 is 5.80. The lowest BCUT2D eigenvalue weighted by atomic mass is 10.2. The normalized spacial score (nSPS) is 11.2. The highest BCUT2D eigenvalue weighted by atomic mass is 35.5. The summed E-state index contributed by atoms with van der Waals surface area (Å²) in [7, 11) is 0. The van der Waals surface area contributed by atoms with Gasteiger partial charge in [-0.3, -0.25) is 0 Å². The quantitative estimate of drug-likeness (QED) is 0.817. The lowest BCUT2D eigenvalue weighted by molar-refractivity contribution is 0.0697. The molecule has 0 amide bonds. The van der Waals surface area contributed by atoms with Crippen molar-refractivity contribution in [3.63, 3.8) is 0 Å². The summed E-state index contributed by atoms with van der Waals surface area (Å²) in [6, 6.07) is 1.63. The molecule has 0 fully saturated rings. The molecule has 0 spiro atoms. The van der Waals surface area contributed by atoms with Crippen molar-refractivity contribution in [2.45, 2.75) is 19.9 Å². The topological polar surface area (TPSA) is 68.0 Å². The Hall–Kier alpha value is -1.62. The van der Waals surface area contributed by atoms with Crippen LogP contribution >= 0.6 is 11.6 Å². The van der Waals surface area contributed by atoms with E-state index in [0.717, 1.165) is 0 Å². The SMILES string of the molecule is CC(C)n1ncc2cc(C(=O)O)c(Cl)nc21. The Labute approximate surface area is 96.7 Å². The third-order valence-corrected chi connectivity index (χ3v) is 2.53. The van der Waals surface area contributed by atoms with Gasteiger partial charge in [-0.05, 0) is 19.9 Å². The first-order valence-corrected chi connectivity index (χ1v) is 5.15. The molecule has 0 radical (unpaired) electrons. The Morgan fingerprint density at radius 3 is 2.81 bits per heavy atom. The van der Waals surface area contributed by atoms with Crippen LogP contribution in [0.5, 0.6) is 0 Å². The van der Waals surface area contributed by atoms with Crippen LogP contribution in [0, 0.1) is 0 Å². The molecule has 0 aliphatic carbocycles. The van der Waals surface area contributed by atoms with E-state index in [1.165, 1.54) is 6.07 Å². The number of nitrogens with zero attached hydrogens (tertiary/aromatic N) is 3. The van der Waals surface area contributed by atoms with Crippen LogP contribution < -0.4 is 0 Å². The maximum Gasteiger partial charge on any atom is 0.338 e. The standard InChI is InChI=1S/C10H10ClN3O2/c1-5(2)14-9-6(4-12-14)3-7(10(15)16)8(11)13-9/h3-5H,1-2H3,(H,15,16). The molecule has 0 aliphatic heterocycles. The molecule has 0 unspecified atom stereocenters. The molecule has 2 rings (SSSR count). The number of halogens is 1. The number of rotatable bonds is 2. The van der Waals surface area contributed by atoms with Crippen LogP contribution in [0.15, 0.2) is 12.3 Å². The highest BCUT2D eigenvalue weighted by Crippen LogP contribution is 2.22.